The van der Waals surface area contributed by atoms with Gasteiger partial charge in [-0.1, -0.05) is 6.42 Å². The largest absolute Gasteiger partial charge is 0.353 e. The first-order valence-corrected chi connectivity index (χ1v) is 5.31. The highest BCUT2D eigenvalue weighted by molar-refractivity contribution is 5.85. The van der Waals surface area contributed by atoms with E-state index >= 15 is 0 Å². The number of hydrogen-bond acceptors (Lipinski definition) is 2. The summed E-state index contributed by atoms with van der Waals surface area (Å²) in [6.45, 7) is 0. The Labute approximate surface area is 91.2 Å². The summed E-state index contributed by atoms with van der Waals surface area (Å²) in [5.41, 5.74) is 5.83. The van der Waals surface area contributed by atoms with Crippen LogP contribution in [0.25, 0.3) is 0 Å². The summed E-state index contributed by atoms with van der Waals surface area (Å²) in [7, 11) is 0. The number of amides is 1. The van der Waals surface area contributed by atoms with E-state index < -0.39 is 0 Å². The molecular formula is C10H19ClN2O. The van der Waals surface area contributed by atoms with Crippen LogP contribution in [0.5, 0.6) is 0 Å². The standard InChI is InChI=1S/C10H18N2O.ClH/c11-8-3-1-2-7(6-8)10(13)12-9-4-5-9;/h7-9H,1-6,11H2,(H,12,13);1H. The first kappa shape index (κ1) is 11.8. The van der Waals surface area contributed by atoms with Crippen LogP contribution in [-0.2, 0) is 4.79 Å². The van der Waals surface area contributed by atoms with Crippen LogP contribution >= 0.6 is 12.4 Å². The second-order valence-corrected chi connectivity index (χ2v) is 4.41. The van der Waals surface area contributed by atoms with Crippen LogP contribution < -0.4 is 11.1 Å². The highest BCUT2D eigenvalue weighted by Gasteiger charge is 2.29. The third-order valence-electron chi connectivity index (χ3n) is 3.01. The normalized spacial score (nSPS) is 31.8. The molecule has 0 saturated heterocycles. The predicted molar refractivity (Wildman–Crippen MR) is 58.3 cm³/mol. The van der Waals surface area contributed by atoms with Crippen molar-refractivity contribution in [2.75, 3.05) is 0 Å². The molecule has 2 rings (SSSR count). The maximum absolute atomic E-state index is 11.6. The van der Waals surface area contributed by atoms with Crippen LogP contribution in [-0.4, -0.2) is 18.0 Å². The lowest BCUT2D eigenvalue weighted by Crippen LogP contribution is -2.38. The summed E-state index contributed by atoms with van der Waals surface area (Å²) in [5, 5.41) is 3.05. The Morgan fingerprint density at radius 2 is 1.93 bits per heavy atom. The van der Waals surface area contributed by atoms with Crippen molar-refractivity contribution in [1.29, 1.82) is 0 Å². The highest BCUT2D eigenvalue weighted by Crippen LogP contribution is 2.25. The van der Waals surface area contributed by atoms with Gasteiger partial charge in [0.15, 0.2) is 0 Å². The van der Waals surface area contributed by atoms with E-state index in [1.54, 1.807) is 0 Å². The molecule has 2 saturated carbocycles. The minimum absolute atomic E-state index is 0. The van der Waals surface area contributed by atoms with Gasteiger partial charge in [0.05, 0.1) is 0 Å². The van der Waals surface area contributed by atoms with E-state index in [9.17, 15) is 4.79 Å². The fourth-order valence-corrected chi connectivity index (χ4v) is 2.01. The Balaban J connectivity index is 0.000000980. The van der Waals surface area contributed by atoms with Crippen molar-refractivity contribution in [3.05, 3.63) is 0 Å². The molecule has 0 spiro atoms. The van der Waals surface area contributed by atoms with E-state index in [2.05, 4.69) is 5.32 Å². The fourth-order valence-electron chi connectivity index (χ4n) is 2.01. The van der Waals surface area contributed by atoms with Gasteiger partial charge in [-0.15, -0.1) is 12.4 Å². The van der Waals surface area contributed by atoms with E-state index in [0.717, 1.165) is 25.7 Å². The van der Waals surface area contributed by atoms with Crippen molar-refractivity contribution >= 4 is 18.3 Å². The minimum Gasteiger partial charge on any atom is -0.353 e. The first-order chi connectivity index (χ1) is 6.25. The molecule has 1 amide bonds. The zero-order chi connectivity index (χ0) is 9.26. The van der Waals surface area contributed by atoms with Gasteiger partial charge in [-0.3, -0.25) is 4.79 Å². The number of nitrogens with one attached hydrogen (secondary N) is 1. The molecule has 2 aliphatic carbocycles. The monoisotopic (exact) mass is 218 g/mol. The molecular weight excluding hydrogens is 200 g/mol. The molecule has 2 atom stereocenters. The molecule has 82 valence electrons. The topological polar surface area (TPSA) is 55.1 Å². The Kier molecular flexibility index (Phi) is 4.20. The molecule has 3 nitrogen and oxygen atoms in total. The van der Waals surface area contributed by atoms with Gasteiger partial charge in [-0.05, 0) is 32.1 Å². The van der Waals surface area contributed by atoms with Gasteiger partial charge in [-0.2, -0.15) is 0 Å². The zero-order valence-corrected chi connectivity index (χ0v) is 9.19. The summed E-state index contributed by atoms with van der Waals surface area (Å²) in [6.07, 6.45) is 6.47. The highest BCUT2D eigenvalue weighted by atomic mass is 35.5. The van der Waals surface area contributed by atoms with Crippen molar-refractivity contribution in [1.82, 2.24) is 5.32 Å². The first-order valence-electron chi connectivity index (χ1n) is 5.31. The molecule has 2 aliphatic rings. The molecule has 2 unspecified atom stereocenters. The summed E-state index contributed by atoms with van der Waals surface area (Å²) in [6, 6.07) is 0.745. The van der Waals surface area contributed by atoms with Gasteiger partial charge < -0.3 is 11.1 Å². The fraction of sp³-hybridized carbons (Fsp3) is 0.900. The number of carbonyl (C=O) groups excluding carboxylic acids is 1. The third kappa shape index (κ3) is 3.14. The predicted octanol–water partition coefficient (Wildman–Crippen LogP) is 1.20. The lowest BCUT2D eigenvalue weighted by Gasteiger charge is -2.25. The second kappa shape index (κ2) is 4.99. The van der Waals surface area contributed by atoms with Crippen molar-refractivity contribution in [3.63, 3.8) is 0 Å². The maximum Gasteiger partial charge on any atom is 0.223 e. The van der Waals surface area contributed by atoms with Crippen molar-refractivity contribution in [2.45, 2.75) is 50.6 Å². The molecule has 0 heterocycles. The SMILES string of the molecule is Cl.NC1CCCC(C(=O)NC2CC2)C1. The Morgan fingerprint density at radius 3 is 2.50 bits per heavy atom. The summed E-state index contributed by atoms with van der Waals surface area (Å²) >= 11 is 0. The van der Waals surface area contributed by atoms with Crippen molar-refractivity contribution in [2.24, 2.45) is 11.7 Å². The molecule has 0 radical (unpaired) electrons. The van der Waals surface area contributed by atoms with Crippen LogP contribution in [0, 0.1) is 5.92 Å². The number of carbonyl (C=O) groups is 1. The van der Waals surface area contributed by atoms with E-state index in [1.165, 1.54) is 12.8 Å². The van der Waals surface area contributed by atoms with Gasteiger partial charge in [0.1, 0.15) is 0 Å². The molecule has 14 heavy (non-hydrogen) atoms. The van der Waals surface area contributed by atoms with E-state index in [4.69, 9.17) is 5.73 Å². The second-order valence-electron chi connectivity index (χ2n) is 4.41. The summed E-state index contributed by atoms with van der Waals surface area (Å²) in [5.74, 6) is 0.446. The summed E-state index contributed by atoms with van der Waals surface area (Å²) in [4.78, 5) is 11.6. The minimum atomic E-state index is 0. The zero-order valence-electron chi connectivity index (χ0n) is 8.37. The average molecular weight is 219 g/mol. The Morgan fingerprint density at radius 1 is 1.21 bits per heavy atom. The Bertz CT molecular complexity index is 206. The van der Waals surface area contributed by atoms with E-state index in [0.29, 0.717) is 6.04 Å². The molecule has 0 bridgehead atoms. The van der Waals surface area contributed by atoms with Gasteiger partial charge >= 0.3 is 0 Å². The van der Waals surface area contributed by atoms with Crippen molar-refractivity contribution < 1.29 is 4.79 Å². The lowest BCUT2D eigenvalue weighted by molar-refractivity contribution is -0.126. The molecule has 0 aliphatic heterocycles. The van der Waals surface area contributed by atoms with Crippen LogP contribution in [0.4, 0.5) is 0 Å². The Hall–Kier alpha value is -0.280. The third-order valence-corrected chi connectivity index (χ3v) is 3.01. The molecule has 0 aromatic rings. The summed E-state index contributed by atoms with van der Waals surface area (Å²) < 4.78 is 0. The van der Waals surface area contributed by atoms with Crippen LogP contribution in [0.15, 0.2) is 0 Å². The van der Waals surface area contributed by atoms with E-state index in [1.807, 2.05) is 0 Å². The molecule has 2 fully saturated rings. The van der Waals surface area contributed by atoms with Crippen LogP contribution in [0.1, 0.15) is 38.5 Å². The smallest absolute Gasteiger partial charge is 0.223 e. The van der Waals surface area contributed by atoms with Crippen LogP contribution in [0.3, 0.4) is 0 Å². The molecule has 0 aromatic carbocycles. The number of rotatable bonds is 2. The van der Waals surface area contributed by atoms with Crippen LogP contribution in [0.2, 0.25) is 0 Å². The van der Waals surface area contributed by atoms with E-state index in [-0.39, 0.29) is 30.3 Å². The van der Waals surface area contributed by atoms with Crippen molar-refractivity contribution in [3.8, 4) is 0 Å². The van der Waals surface area contributed by atoms with Gasteiger partial charge in [0.25, 0.3) is 0 Å². The quantitative estimate of drug-likeness (QED) is 0.732. The molecule has 4 heteroatoms. The average Bonchev–Trinajstić information content (AvgIpc) is 2.88. The van der Waals surface area contributed by atoms with Gasteiger partial charge in [0, 0.05) is 18.0 Å². The van der Waals surface area contributed by atoms with Gasteiger partial charge in [0.2, 0.25) is 5.91 Å². The molecule has 0 aromatic heterocycles. The number of halogens is 1. The lowest BCUT2D eigenvalue weighted by atomic mass is 9.85. The molecule has 3 N–H and O–H groups in total. The van der Waals surface area contributed by atoms with Gasteiger partial charge in [-0.25, -0.2) is 0 Å². The number of nitrogens with two attached hydrogens (primary N) is 1. The number of hydrogen-bond donors (Lipinski definition) is 2. The maximum atomic E-state index is 11.6.